The van der Waals surface area contributed by atoms with Gasteiger partial charge in [-0.3, -0.25) is 0 Å². The lowest BCUT2D eigenvalue weighted by Crippen LogP contribution is -1.97. The van der Waals surface area contributed by atoms with Gasteiger partial charge in [-0.05, 0) is 17.7 Å². The molecule has 0 aromatic heterocycles. The van der Waals surface area contributed by atoms with Crippen LogP contribution in [0.15, 0.2) is 53.0 Å². The van der Waals surface area contributed by atoms with Crippen LogP contribution in [0.25, 0.3) is 0 Å². The standard InChI is InChI=1S/C14H12BrClO/c15-13-7-6-12(9-16)14(8-13)17-10-11-4-2-1-3-5-11/h1-8H,9-10H2. The largest absolute Gasteiger partial charge is 0.489 e. The summed E-state index contributed by atoms with van der Waals surface area (Å²) in [5.74, 6) is 1.29. The first-order chi connectivity index (χ1) is 8.29. The number of rotatable bonds is 4. The maximum Gasteiger partial charge on any atom is 0.125 e. The Morgan fingerprint density at radius 3 is 2.53 bits per heavy atom. The minimum absolute atomic E-state index is 0.456. The quantitative estimate of drug-likeness (QED) is 0.739. The van der Waals surface area contributed by atoms with Crippen molar-refractivity contribution in [3.05, 3.63) is 64.1 Å². The number of hydrogen-bond donors (Lipinski definition) is 0. The van der Waals surface area contributed by atoms with Gasteiger partial charge >= 0.3 is 0 Å². The van der Waals surface area contributed by atoms with Gasteiger partial charge in [0.25, 0.3) is 0 Å². The molecule has 0 radical (unpaired) electrons. The lowest BCUT2D eigenvalue weighted by molar-refractivity contribution is 0.303. The molecule has 0 atom stereocenters. The average Bonchev–Trinajstić information content (AvgIpc) is 2.38. The molecule has 1 nitrogen and oxygen atoms in total. The Hall–Kier alpha value is -0.990. The first-order valence-corrected chi connectivity index (χ1v) is 6.63. The molecule has 0 bridgehead atoms. The summed E-state index contributed by atoms with van der Waals surface area (Å²) in [5.41, 5.74) is 2.15. The maximum absolute atomic E-state index is 5.87. The fourth-order valence-electron chi connectivity index (χ4n) is 1.51. The van der Waals surface area contributed by atoms with E-state index in [0.29, 0.717) is 12.5 Å². The fraction of sp³-hybridized carbons (Fsp3) is 0.143. The number of alkyl halides is 1. The summed E-state index contributed by atoms with van der Waals surface area (Å²) >= 11 is 9.30. The van der Waals surface area contributed by atoms with Crippen LogP contribution in [0.1, 0.15) is 11.1 Å². The van der Waals surface area contributed by atoms with Gasteiger partial charge in [-0.1, -0.05) is 52.3 Å². The van der Waals surface area contributed by atoms with Gasteiger partial charge in [0.05, 0.1) is 5.88 Å². The minimum Gasteiger partial charge on any atom is -0.489 e. The Bertz CT molecular complexity index is 485. The predicted molar refractivity (Wildman–Crippen MR) is 74.5 cm³/mol. The van der Waals surface area contributed by atoms with Crippen molar-refractivity contribution in [3.63, 3.8) is 0 Å². The van der Waals surface area contributed by atoms with Crippen molar-refractivity contribution in [3.8, 4) is 5.75 Å². The topological polar surface area (TPSA) is 9.23 Å². The Kier molecular flexibility index (Phi) is 4.46. The van der Waals surface area contributed by atoms with E-state index in [1.807, 2.05) is 48.5 Å². The van der Waals surface area contributed by atoms with Crippen LogP contribution in [0, 0.1) is 0 Å². The summed E-state index contributed by atoms with van der Waals surface area (Å²) in [5, 5.41) is 0. The first kappa shape index (κ1) is 12.5. The monoisotopic (exact) mass is 310 g/mol. The zero-order valence-electron chi connectivity index (χ0n) is 9.20. The predicted octanol–water partition coefficient (Wildman–Crippen LogP) is 4.77. The second-order valence-corrected chi connectivity index (χ2v) is 4.84. The summed E-state index contributed by atoms with van der Waals surface area (Å²) in [7, 11) is 0. The van der Waals surface area contributed by atoms with Gasteiger partial charge in [0.15, 0.2) is 0 Å². The molecule has 3 heteroatoms. The lowest BCUT2D eigenvalue weighted by Gasteiger charge is -2.10. The average molecular weight is 312 g/mol. The first-order valence-electron chi connectivity index (χ1n) is 5.30. The van der Waals surface area contributed by atoms with Crippen LogP contribution in [0.5, 0.6) is 5.75 Å². The molecule has 0 unspecified atom stereocenters. The maximum atomic E-state index is 5.87. The molecule has 88 valence electrons. The molecule has 2 aromatic rings. The third kappa shape index (κ3) is 3.48. The minimum atomic E-state index is 0.456. The molecule has 0 fully saturated rings. The highest BCUT2D eigenvalue weighted by atomic mass is 79.9. The van der Waals surface area contributed by atoms with E-state index in [1.165, 1.54) is 0 Å². The van der Waals surface area contributed by atoms with Crippen molar-refractivity contribution in [1.82, 2.24) is 0 Å². The van der Waals surface area contributed by atoms with Crippen molar-refractivity contribution in [1.29, 1.82) is 0 Å². The second-order valence-electron chi connectivity index (χ2n) is 3.66. The van der Waals surface area contributed by atoms with Gasteiger partial charge in [-0.2, -0.15) is 0 Å². The van der Waals surface area contributed by atoms with E-state index in [2.05, 4.69) is 15.9 Å². The highest BCUT2D eigenvalue weighted by Crippen LogP contribution is 2.25. The molecule has 17 heavy (non-hydrogen) atoms. The summed E-state index contributed by atoms with van der Waals surface area (Å²) in [4.78, 5) is 0. The van der Waals surface area contributed by atoms with Crippen LogP contribution in [0.3, 0.4) is 0 Å². The summed E-state index contributed by atoms with van der Waals surface area (Å²) < 4.78 is 6.78. The molecule has 0 aliphatic rings. The van der Waals surface area contributed by atoms with E-state index in [-0.39, 0.29) is 0 Å². The van der Waals surface area contributed by atoms with E-state index >= 15 is 0 Å². The third-order valence-electron chi connectivity index (χ3n) is 2.41. The summed E-state index contributed by atoms with van der Waals surface area (Å²) in [6.45, 7) is 0.557. The Morgan fingerprint density at radius 1 is 1.06 bits per heavy atom. The van der Waals surface area contributed by atoms with Crippen molar-refractivity contribution in [2.24, 2.45) is 0 Å². The van der Waals surface area contributed by atoms with E-state index in [0.717, 1.165) is 21.3 Å². The van der Waals surface area contributed by atoms with E-state index < -0.39 is 0 Å². The molecular formula is C14H12BrClO. The van der Waals surface area contributed by atoms with Crippen molar-refractivity contribution < 1.29 is 4.74 Å². The molecular weight excluding hydrogens is 300 g/mol. The van der Waals surface area contributed by atoms with Gasteiger partial charge in [0, 0.05) is 10.0 Å². The second kappa shape index (κ2) is 6.08. The number of ether oxygens (including phenoxy) is 1. The van der Waals surface area contributed by atoms with Gasteiger partial charge in [-0.15, -0.1) is 11.6 Å². The Labute approximate surface area is 115 Å². The smallest absolute Gasteiger partial charge is 0.125 e. The van der Waals surface area contributed by atoms with E-state index in [9.17, 15) is 0 Å². The molecule has 0 aliphatic carbocycles. The van der Waals surface area contributed by atoms with Crippen molar-refractivity contribution in [2.75, 3.05) is 0 Å². The third-order valence-corrected chi connectivity index (χ3v) is 3.19. The molecule has 0 N–H and O–H groups in total. The van der Waals surface area contributed by atoms with Crippen LogP contribution in [-0.4, -0.2) is 0 Å². The van der Waals surface area contributed by atoms with Crippen LogP contribution in [-0.2, 0) is 12.5 Å². The zero-order chi connectivity index (χ0) is 12.1. The molecule has 0 heterocycles. The number of halogens is 2. The van der Waals surface area contributed by atoms with Crippen LogP contribution in [0.2, 0.25) is 0 Å². The van der Waals surface area contributed by atoms with Crippen LogP contribution >= 0.6 is 27.5 Å². The summed E-state index contributed by atoms with van der Waals surface area (Å²) in [6.07, 6.45) is 0. The highest BCUT2D eigenvalue weighted by molar-refractivity contribution is 9.10. The van der Waals surface area contributed by atoms with Crippen molar-refractivity contribution >= 4 is 27.5 Å². The summed E-state index contributed by atoms with van der Waals surface area (Å²) in [6, 6.07) is 16.0. The fourth-order valence-corrected chi connectivity index (χ4v) is 2.07. The van der Waals surface area contributed by atoms with E-state index in [1.54, 1.807) is 0 Å². The molecule has 0 spiro atoms. The zero-order valence-corrected chi connectivity index (χ0v) is 11.5. The van der Waals surface area contributed by atoms with E-state index in [4.69, 9.17) is 16.3 Å². The van der Waals surface area contributed by atoms with Crippen LogP contribution < -0.4 is 4.74 Å². The normalized spacial score (nSPS) is 10.2. The van der Waals surface area contributed by atoms with Gasteiger partial charge < -0.3 is 4.74 Å². The molecule has 2 rings (SSSR count). The molecule has 0 amide bonds. The molecule has 2 aromatic carbocycles. The highest BCUT2D eigenvalue weighted by Gasteiger charge is 2.04. The number of benzene rings is 2. The lowest BCUT2D eigenvalue weighted by atomic mass is 10.2. The Morgan fingerprint density at radius 2 is 1.82 bits per heavy atom. The SMILES string of the molecule is ClCc1ccc(Br)cc1OCc1ccccc1. The van der Waals surface area contributed by atoms with Gasteiger partial charge in [0.1, 0.15) is 12.4 Å². The van der Waals surface area contributed by atoms with Gasteiger partial charge in [0.2, 0.25) is 0 Å². The van der Waals surface area contributed by atoms with Crippen molar-refractivity contribution in [2.45, 2.75) is 12.5 Å². The molecule has 0 aliphatic heterocycles. The van der Waals surface area contributed by atoms with Crippen LogP contribution in [0.4, 0.5) is 0 Å². The Balaban J connectivity index is 2.11. The van der Waals surface area contributed by atoms with Gasteiger partial charge in [-0.25, -0.2) is 0 Å². The number of hydrogen-bond acceptors (Lipinski definition) is 1. The molecule has 0 saturated heterocycles. The molecule has 0 saturated carbocycles.